The fourth-order valence-corrected chi connectivity index (χ4v) is 5.47. The van der Waals surface area contributed by atoms with Gasteiger partial charge < -0.3 is 25.6 Å². The maximum atomic E-state index is 6.25. The summed E-state index contributed by atoms with van der Waals surface area (Å²) in [4.78, 5) is 13.9. The minimum absolute atomic E-state index is 0.348. The predicted octanol–water partition coefficient (Wildman–Crippen LogP) is 3.45. The number of morpholine rings is 1. The summed E-state index contributed by atoms with van der Waals surface area (Å²) in [7, 11) is 0. The average molecular weight is 461 g/mol. The fraction of sp³-hybridized carbons (Fsp3) is 0.480. The molecular formula is C25H32N8O. The SMILES string of the molecule is Nc1nc(Nc2ccc(N3CCOCC3)cc2)nn1-c1ccnc(N2CC3CCC(CC3)C2)c1. The lowest BCUT2D eigenvalue weighted by atomic mass is 9.84. The van der Waals surface area contributed by atoms with Crippen molar-refractivity contribution in [3.8, 4) is 5.69 Å². The van der Waals surface area contributed by atoms with E-state index in [1.54, 1.807) is 4.68 Å². The molecule has 3 aromatic rings. The molecule has 2 bridgehead atoms. The molecule has 0 amide bonds. The quantitative estimate of drug-likeness (QED) is 0.598. The Hall–Kier alpha value is -3.33. The zero-order valence-corrected chi connectivity index (χ0v) is 19.4. The van der Waals surface area contributed by atoms with Gasteiger partial charge in [0.25, 0.3) is 0 Å². The third-order valence-corrected chi connectivity index (χ3v) is 7.35. The van der Waals surface area contributed by atoms with Crippen LogP contribution in [0, 0.1) is 11.8 Å². The van der Waals surface area contributed by atoms with E-state index in [0.29, 0.717) is 11.9 Å². The molecule has 4 aliphatic rings. The number of pyridine rings is 1. The third kappa shape index (κ3) is 4.40. The van der Waals surface area contributed by atoms with Gasteiger partial charge in [-0.3, -0.25) is 0 Å². The summed E-state index contributed by atoms with van der Waals surface area (Å²) >= 11 is 0. The van der Waals surface area contributed by atoms with Crippen molar-refractivity contribution in [3.63, 3.8) is 0 Å². The maximum Gasteiger partial charge on any atom is 0.248 e. The van der Waals surface area contributed by atoms with E-state index in [9.17, 15) is 0 Å². The number of fused-ring (bicyclic) bond motifs is 4. The molecule has 0 spiro atoms. The minimum Gasteiger partial charge on any atom is -0.378 e. The van der Waals surface area contributed by atoms with Crippen LogP contribution in [-0.4, -0.2) is 59.1 Å². The van der Waals surface area contributed by atoms with E-state index in [1.807, 2.05) is 24.4 Å². The second-order valence-electron chi connectivity index (χ2n) is 9.64. The molecule has 0 radical (unpaired) electrons. The van der Waals surface area contributed by atoms with Crippen LogP contribution in [0.15, 0.2) is 42.6 Å². The van der Waals surface area contributed by atoms with Gasteiger partial charge in [-0.05, 0) is 67.9 Å². The molecule has 3 aliphatic heterocycles. The van der Waals surface area contributed by atoms with Crippen LogP contribution in [0.4, 0.5) is 29.1 Å². The van der Waals surface area contributed by atoms with Crippen LogP contribution in [-0.2, 0) is 4.74 Å². The van der Waals surface area contributed by atoms with Crippen molar-refractivity contribution in [2.75, 3.05) is 60.2 Å². The first-order chi connectivity index (χ1) is 16.7. The summed E-state index contributed by atoms with van der Waals surface area (Å²) in [5.74, 6) is 3.39. The van der Waals surface area contributed by atoms with Crippen molar-refractivity contribution in [3.05, 3.63) is 42.6 Å². The minimum atomic E-state index is 0.348. The molecule has 1 saturated carbocycles. The van der Waals surface area contributed by atoms with Gasteiger partial charge in [0.15, 0.2) is 0 Å². The van der Waals surface area contributed by atoms with Gasteiger partial charge in [0.05, 0.1) is 18.9 Å². The molecule has 178 valence electrons. The molecule has 2 aromatic heterocycles. The Bertz CT molecular complexity index is 1100. The van der Waals surface area contributed by atoms with E-state index in [2.05, 4.69) is 48.4 Å². The Labute approximate surface area is 199 Å². The number of ether oxygens (including phenoxy) is 1. The summed E-state index contributed by atoms with van der Waals surface area (Å²) in [6.45, 7) is 5.57. The predicted molar refractivity (Wildman–Crippen MR) is 134 cm³/mol. The van der Waals surface area contributed by atoms with Crippen molar-refractivity contribution < 1.29 is 4.74 Å². The average Bonchev–Trinajstić information content (AvgIpc) is 3.03. The van der Waals surface area contributed by atoms with Crippen molar-refractivity contribution in [2.24, 2.45) is 11.8 Å². The number of hydrogen-bond donors (Lipinski definition) is 2. The molecule has 3 saturated heterocycles. The van der Waals surface area contributed by atoms with Crippen molar-refractivity contribution in [2.45, 2.75) is 25.7 Å². The van der Waals surface area contributed by atoms with Crippen LogP contribution in [0.2, 0.25) is 0 Å². The molecule has 0 atom stereocenters. The van der Waals surface area contributed by atoms with Crippen molar-refractivity contribution in [1.29, 1.82) is 0 Å². The standard InChI is InChI=1S/C25H32N8O/c26-24-29-25(28-20-5-7-21(8-6-20)31-11-13-34-14-12-31)30-33(24)22-9-10-27-23(15-22)32-16-18-1-2-19(17-32)4-3-18/h5-10,15,18-19H,1-4,11-14,16-17H2,(H3,26,28,29,30). The van der Waals surface area contributed by atoms with Crippen LogP contribution in [0.3, 0.4) is 0 Å². The van der Waals surface area contributed by atoms with Gasteiger partial charge in [0.1, 0.15) is 5.82 Å². The highest BCUT2D eigenvalue weighted by atomic mass is 16.5. The maximum absolute atomic E-state index is 6.25. The second-order valence-corrected chi connectivity index (χ2v) is 9.64. The monoisotopic (exact) mass is 460 g/mol. The summed E-state index contributed by atoms with van der Waals surface area (Å²) in [5.41, 5.74) is 9.24. The molecule has 9 nitrogen and oxygen atoms in total. The molecule has 7 rings (SSSR count). The first kappa shape index (κ1) is 21.2. The highest BCUT2D eigenvalue weighted by Crippen LogP contribution is 2.35. The number of hydrogen-bond acceptors (Lipinski definition) is 8. The van der Waals surface area contributed by atoms with Crippen LogP contribution < -0.4 is 20.9 Å². The molecule has 3 N–H and O–H groups in total. The molecule has 34 heavy (non-hydrogen) atoms. The van der Waals surface area contributed by atoms with Gasteiger partial charge >= 0.3 is 0 Å². The number of benzene rings is 1. The Morgan fingerprint density at radius 1 is 0.882 bits per heavy atom. The smallest absolute Gasteiger partial charge is 0.248 e. The molecule has 5 heterocycles. The fourth-order valence-electron chi connectivity index (χ4n) is 5.47. The van der Waals surface area contributed by atoms with Gasteiger partial charge in [-0.1, -0.05) is 0 Å². The van der Waals surface area contributed by atoms with Gasteiger partial charge in [-0.2, -0.15) is 9.67 Å². The van der Waals surface area contributed by atoms with Crippen molar-refractivity contribution in [1.82, 2.24) is 19.7 Å². The molecule has 0 unspecified atom stereocenters. The van der Waals surface area contributed by atoms with Crippen LogP contribution in [0.25, 0.3) is 5.69 Å². The van der Waals surface area contributed by atoms with Crippen molar-refractivity contribution >= 4 is 29.1 Å². The Morgan fingerprint density at radius 2 is 1.59 bits per heavy atom. The van der Waals surface area contributed by atoms with Crippen LogP contribution >= 0.6 is 0 Å². The Kier molecular flexibility index (Phi) is 5.70. The van der Waals surface area contributed by atoms with E-state index < -0.39 is 0 Å². The largest absolute Gasteiger partial charge is 0.378 e. The normalized spacial score (nSPS) is 22.6. The summed E-state index contributed by atoms with van der Waals surface area (Å²) in [6.07, 6.45) is 7.23. The molecular weight excluding hydrogens is 428 g/mol. The highest BCUT2D eigenvalue weighted by molar-refractivity contribution is 5.60. The van der Waals surface area contributed by atoms with Crippen LogP contribution in [0.5, 0.6) is 0 Å². The van der Waals surface area contributed by atoms with Gasteiger partial charge in [-0.25, -0.2) is 4.98 Å². The number of nitrogens with one attached hydrogen (secondary N) is 1. The zero-order chi connectivity index (χ0) is 22.9. The number of rotatable bonds is 5. The number of nitrogens with two attached hydrogens (primary N) is 1. The molecule has 1 aliphatic carbocycles. The lowest BCUT2D eigenvalue weighted by Gasteiger charge is -2.28. The summed E-state index contributed by atoms with van der Waals surface area (Å²) in [5, 5.41) is 7.91. The third-order valence-electron chi connectivity index (χ3n) is 7.35. The van der Waals surface area contributed by atoms with E-state index in [-0.39, 0.29) is 0 Å². The van der Waals surface area contributed by atoms with E-state index in [1.165, 1.54) is 31.4 Å². The lowest BCUT2D eigenvalue weighted by Crippen LogP contribution is -2.36. The topological polar surface area (TPSA) is 97.4 Å². The number of anilines is 5. The van der Waals surface area contributed by atoms with E-state index >= 15 is 0 Å². The Balaban J connectivity index is 1.18. The van der Waals surface area contributed by atoms with Gasteiger partial charge in [-0.15, -0.1) is 5.10 Å². The number of aromatic nitrogens is 4. The lowest BCUT2D eigenvalue weighted by molar-refractivity contribution is 0.122. The number of nitrogens with zero attached hydrogens (tertiary/aromatic N) is 6. The van der Waals surface area contributed by atoms with Crippen LogP contribution in [0.1, 0.15) is 25.7 Å². The highest BCUT2D eigenvalue weighted by Gasteiger charge is 2.30. The van der Waals surface area contributed by atoms with Gasteiger partial charge in [0.2, 0.25) is 11.9 Å². The first-order valence-corrected chi connectivity index (χ1v) is 12.3. The molecule has 4 fully saturated rings. The zero-order valence-electron chi connectivity index (χ0n) is 19.4. The summed E-state index contributed by atoms with van der Waals surface area (Å²) < 4.78 is 7.12. The second kappa shape index (κ2) is 9.13. The van der Waals surface area contributed by atoms with E-state index in [4.69, 9.17) is 10.5 Å². The van der Waals surface area contributed by atoms with E-state index in [0.717, 1.165) is 68.4 Å². The first-order valence-electron chi connectivity index (χ1n) is 12.3. The summed E-state index contributed by atoms with van der Waals surface area (Å²) in [6, 6.07) is 12.3. The molecule has 9 heteroatoms. The van der Waals surface area contributed by atoms with Gasteiger partial charge in [0, 0.05) is 49.8 Å². The Morgan fingerprint density at radius 3 is 2.29 bits per heavy atom. The molecule has 1 aromatic carbocycles. The number of nitrogen functional groups attached to an aromatic ring is 1.